The molecule has 8 heteroatoms. The number of esters is 1. The third-order valence-electron chi connectivity index (χ3n) is 4.21. The van der Waals surface area contributed by atoms with E-state index in [1.54, 1.807) is 39.8 Å². The molecule has 146 valence electrons. The van der Waals surface area contributed by atoms with E-state index >= 15 is 0 Å². The monoisotopic (exact) mass is 394 g/mol. The van der Waals surface area contributed by atoms with Crippen molar-refractivity contribution < 1.29 is 24.2 Å². The number of ether oxygens (including phenoxy) is 2. The summed E-state index contributed by atoms with van der Waals surface area (Å²) in [6.07, 6.45) is -0.716. The van der Waals surface area contributed by atoms with Gasteiger partial charge in [-0.15, -0.1) is 0 Å². The van der Waals surface area contributed by atoms with Gasteiger partial charge in [-0.3, -0.25) is 4.79 Å². The van der Waals surface area contributed by atoms with Gasteiger partial charge in [-0.2, -0.15) is 0 Å². The molecule has 3 N–H and O–H groups in total. The highest BCUT2D eigenvalue weighted by atomic mass is 35.5. The number of aliphatic hydroxyl groups is 1. The lowest BCUT2D eigenvalue weighted by atomic mass is 10.1. The number of aliphatic hydroxyl groups excluding tert-OH is 1. The molecule has 1 amide bonds. The molecule has 0 aliphatic carbocycles. The number of aromatic nitrogens is 1. The van der Waals surface area contributed by atoms with Crippen molar-refractivity contribution in [3.05, 3.63) is 45.2 Å². The fourth-order valence-corrected chi connectivity index (χ4v) is 3.07. The number of carbonyl (C=O) groups is 2. The van der Waals surface area contributed by atoms with E-state index in [0.29, 0.717) is 33.3 Å². The van der Waals surface area contributed by atoms with E-state index in [2.05, 4.69) is 10.3 Å². The van der Waals surface area contributed by atoms with Gasteiger partial charge in [0.05, 0.1) is 18.9 Å². The van der Waals surface area contributed by atoms with E-state index in [0.717, 1.165) is 5.56 Å². The van der Waals surface area contributed by atoms with Gasteiger partial charge in [0.1, 0.15) is 11.4 Å². The number of aryl methyl sites for hydroxylation is 2. The lowest BCUT2D eigenvalue weighted by Gasteiger charge is -2.12. The van der Waals surface area contributed by atoms with Gasteiger partial charge in [-0.05, 0) is 44.9 Å². The van der Waals surface area contributed by atoms with Crippen LogP contribution in [0, 0.1) is 20.8 Å². The van der Waals surface area contributed by atoms with Crippen LogP contribution in [-0.2, 0) is 9.53 Å². The number of carbonyl (C=O) groups excluding carboxylic acids is 2. The second-order valence-electron chi connectivity index (χ2n) is 6.27. The fraction of sp³-hybridized carbons (Fsp3) is 0.368. The third-order valence-corrected chi connectivity index (χ3v) is 4.61. The van der Waals surface area contributed by atoms with Crippen molar-refractivity contribution in [3.63, 3.8) is 0 Å². The number of H-pyrrole nitrogens is 1. The molecule has 0 unspecified atom stereocenters. The summed E-state index contributed by atoms with van der Waals surface area (Å²) in [7, 11) is 1.47. The molecule has 0 saturated heterocycles. The molecule has 1 atom stereocenters. The van der Waals surface area contributed by atoms with Crippen molar-refractivity contribution in [2.24, 2.45) is 0 Å². The first-order valence-corrected chi connectivity index (χ1v) is 8.71. The summed E-state index contributed by atoms with van der Waals surface area (Å²) in [5, 5.41) is 12.9. The Morgan fingerprint density at radius 2 is 1.96 bits per heavy atom. The van der Waals surface area contributed by atoms with Crippen LogP contribution in [0.2, 0.25) is 5.02 Å². The first-order chi connectivity index (χ1) is 12.6. The second kappa shape index (κ2) is 8.45. The summed E-state index contributed by atoms with van der Waals surface area (Å²) >= 11 is 6.04. The molecule has 0 aliphatic heterocycles. The van der Waals surface area contributed by atoms with Crippen molar-refractivity contribution in [1.82, 2.24) is 4.98 Å². The number of aromatic amines is 1. The first-order valence-electron chi connectivity index (χ1n) is 8.33. The molecular weight excluding hydrogens is 372 g/mol. The van der Waals surface area contributed by atoms with Crippen LogP contribution in [0.5, 0.6) is 5.75 Å². The highest BCUT2D eigenvalue weighted by Gasteiger charge is 2.21. The van der Waals surface area contributed by atoms with Crippen molar-refractivity contribution in [2.75, 3.05) is 19.0 Å². The molecule has 27 heavy (non-hydrogen) atoms. The summed E-state index contributed by atoms with van der Waals surface area (Å²) in [4.78, 5) is 27.3. The number of nitrogens with one attached hydrogen (secondary N) is 2. The molecular formula is C19H23ClN2O5. The number of hydrogen-bond donors (Lipinski definition) is 3. The highest BCUT2D eigenvalue weighted by Crippen LogP contribution is 2.31. The minimum atomic E-state index is -0.716. The maximum Gasteiger partial charge on any atom is 0.355 e. The summed E-state index contributed by atoms with van der Waals surface area (Å²) in [5.74, 6) is -0.778. The van der Waals surface area contributed by atoms with Gasteiger partial charge in [0.2, 0.25) is 0 Å². The highest BCUT2D eigenvalue weighted by molar-refractivity contribution is 6.31. The minimum Gasteiger partial charge on any atom is -0.495 e. The second-order valence-corrected chi connectivity index (χ2v) is 6.67. The zero-order valence-corrected chi connectivity index (χ0v) is 16.7. The Kier molecular flexibility index (Phi) is 6.51. The largest absolute Gasteiger partial charge is 0.495 e. The van der Waals surface area contributed by atoms with Gasteiger partial charge in [-0.1, -0.05) is 11.6 Å². The normalized spacial score (nSPS) is 11.8. The van der Waals surface area contributed by atoms with Crippen molar-refractivity contribution in [1.29, 1.82) is 0 Å². The molecule has 2 aromatic rings. The minimum absolute atomic E-state index is 0.219. The number of anilines is 1. The van der Waals surface area contributed by atoms with Gasteiger partial charge in [0, 0.05) is 22.3 Å². The Morgan fingerprint density at radius 1 is 1.30 bits per heavy atom. The van der Waals surface area contributed by atoms with E-state index in [1.165, 1.54) is 7.11 Å². The van der Waals surface area contributed by atoms with Crippen molar-refractivity contribution in [3.8, 4) is 5.75 Å². The molecule has 0 spiro atoms. The van der Waals surface area contributed by atoms with E-state index in [1.807, 2.05) is 0 Å². The van der Waals surface area contributed by atoms with Crippen molar-refractivity contribution >= 4 is 29.2 Å². The maximum atomic E-state index is 12.3. The van der Waals surface area contributed by atoms with Crippen LogP contribution in [-0.4, -0.2) is 35.7 Å². The summed E-state index contributed by atoms with van der Waals surface area (Å²) in [6.45, 7) is 6.42. The topological polar surface area (TPSA) is 101 Å². The number of hydrogen-bond acceptors (Lipinski definition) is 5. The average Bonchev–Trinajstić information content (AvgIpc) is 2.90. The van der Waals surface area contributed by atoms with Gasteiger partial charge in [0.15, 0.2) is 6.61 Å². The summed E-state index contributed by atoms with van der Waals surface area (Å²) in [6, 6.07) is 3.27. The van der Waals surface area contributed by atoms with Gasteiger partial charge < -0.3 is 24.9 Å². The summed E-state index contributed by atoms with van der Waals surface area (Å²) < 4.78 is 10.3. The van der Waals surface area contributed by atoms with E-state index in [4.69, 9.17) is 21.1 Å². The van der Waals surface area contributed by atoms with Crippen LogP contribution in [0.25, 0.3) is 0 Å². The smallest absolute Gasteiger partial charge is 0.355 e. The lowest BCUT2D eigenvalue weighted by molar-refractivity contribution is -0.119. The Morgan fingerprint density at radius 3 is 2.52 bits per heavy atom. The number of methoxy groups -OCH3 is 1. The summed E-state index contributed by atoms with van der Waals surface area (Å²) in [5.41, 5.74) is 3.35. The molecule has 2 rings (SSSR count). The SMILES string of the molecule is COc1cc(Cl)c(C)cc1NC(=O)COC(=O)c1[nH]c(C)c([C@H](C)O)c1C. The van der Waals surface area contributed by atoms with E-state index in [9.17, 15) is 14.7 Å². The number of rotatable bonds is 6. The molecule has 0 bridgehead atoms. The van der Waals surface area contributed by atoms with Crippen LogP contribution >= 0.6 is 11.6 Å². The maximum absolute atomic E-state index is 12.3. The molecule has 0 radical (unpaired) electrons. The predicted octanol–water partition coefficient (Wildman–Crippen LogP) is 3.45. The quantitative estimate of drug-likeness (QED) is 0.651. The number of halogens is 1. The number of amides is 1. The molecule has 0 aliphatic rings. The zero-order chi connectivity index (χ0) is 20.3. The van der Waals surface area contributed by atoms with Crippen LogP contribution in [0.4, 0.5) is 5.69 Å². The fourth-order valence-electron chi connectivity index (χ4n) is 2.91. The standard InChI is InChI=1S/C19H23ClN2O5/c1-9-6-14(15(26-5)7-13(9)20)22-16(24)8-27-19(25)18-10(2)17(12(4)23)11(3)21-18/h6-7,12,21,23H,8H2,1-5H3,(H,22,24)/t12-/m0/s1. The molecule has 1 heterocycles. The molecule has 0 saturated carbocycles. The molecule has 1 aromatic carbocycles. The van der Waals surface area contributed by atoms with Gasteiger partial charge in [0.25, 0.3) is 5.91 Å². The lowest BCUT2D eigenvalue weighted by Crippen LogP contribution is -2.21. The first kappa shape index (κ1) is 20.8. The van der Waals surface area contributed by atoms with Crippen LogP contribution in [0.15, 0.2) is 12.1 Å². The molecule has 0 fully saturated rings. The van der Waals surface area contributed by atoms with Crippen molar-refractivity contribution in [2.45, 2.75) is 33.8 Å². The van der Waals surface area contributed by atoms with Gasteiger partial charge in [-0.25, -0.2) is 4.79 Å². The zero-order valence-electron chi connectivity index (χ0n) is 15.9. The van der Waals surface area contributed by atoms with Crippen LogP contribution in [0.1, 0.15) is 45.9 Å². The Bertz CT molecular complexity index is 873. The third kappa shape index (κ3) is 4.61. The molecule has 7 nitrogen and oxygen atoms in total. The Hall–Kier alpha value is -2.51. The Labute approximate surface area is 162 Å². The Balaban J connectivity index is 2.05. The van der Waals surface area contributed by atoms with Gasteiger partial charge >= 0.3 is 5.97 Å². The molecule has 1 aromatic heterocycles. The van der Waals surface area contributed by atoms with Crippen LogP contribution in [0.3, 0.4) is 0 Å². The van der Waals surface area contributed by atoms with Crippen LogP contribution < -0.4 is 10.1 Å². The number of benzene rings is 1. The average molecular weight is 395 g/mol. The predicted molar refractivity (Wildman–Crippen MR) is 103 cm³/mol. The van der Waals surface area contributed by atoms with E-state index < -0.39 is 24.6 Å². The van der Waals surface area contributed by atoms with E-state index in [-0.39, 0.29) is 5.69 Å².